The van der Waals surface area contributed by atoms with E-state index in [0.29, 0.717) is 19.6 Å². The summed E-state index contributed by atoms with van der Waals surface area (Å²) in [6.45, 7) is 4.09. The Labute approximate surface area is 84.3 Å². The van der Waals surface area contributed by atoms with Gasteiger partial charge >= 0.3 is 11.9 Å². The molecule has 84 valence electrons. The largest absolute Gasteiger partial charge is 0.469 e. The van der Waals surface area contributed by atoms with Crippen molar-refractivity contribution < 1.29 is 23.8 Å². The molecule has 0 aromatic rings. The predicted octanol–water partition coefficient (Wildman–Crippen LogP) is 0.765. The Bertz CT molecular complexity index is 155. The molecule has 0 atom stereocenters. The maximum atomic E-state index is 10.3. The summed E-state index contributed by atoms with van der Waals surface area (Å²) in [4.78, 5) is 20.1. The molecule has 0 spiro atoms. The minimum atomic E-state index is -0.230. The first-order valence-corrected chi connectivity index (χ1v) is 4.27. The third-order valence-corrected chi connectivity index (χ3v) is 1.09. The van der Waals surface area contributed by atoms with Gasteiger partial charge in [-0.15, -0.1) is 0 Å². The Morgan fingerprint density at radius 2 is 1.79 bits per heavy atom. The van der Waals surface area contributed by atoms with Gasteiger partial charge in [0.2, 0.25) is 0 Å². The van der Waals surface area contributed by atoms with Crippen LogP contribution in [0.2, 0.25) is 0 Å². The fourth-order valence-electron chi connectivity index (χ4n) is 0.491. The van der Waals surface area contributed by atoms with Gasteiger partial charge in [-0.25, -0.2) is 0 Å². The van der Waals surface area contributed by atoms with Crippen LogP contribution in [0.25, 0.3) is 0 Å². The molecule has 0 heterocycles. The molecule has 0 aliphatic rings. The molecule has 0 fully saturated rings. The van der Waals surface area contributed by atoms with Gasteiger partial charge < -0.3 is 14.2 Å². The van der Waals surface area contributed by atoms with E-state index in [9.17, 15) is 9.59 Å². The number of hydrogen-bond donors (Lipinski definition) is 0. The first-order chi connectivity index (χ1) is 6.58. The summed E-state index contributed by atoms with van der Waals surface area (Å²) < 4.78 is 13.3. The molecule has 0 aliphatic carbocycles. The molecule has 0 aromatic heterocycles. The first kappa shape index (κ1) is 15.4. The van der Waals surface area contributed by atoms with E-state index in [1.54, 1.807) is 14.0 Å². The third-order valence-electron chi connectivity index (χ3n) is 1.09. The maximum Gasteiger partial charge on any atom is 0.307 e. The van der Waals surface area contributed by atoms with Gasteiger partial charge in [0.1, 0.15) is 0 Å². The zero-order valence-electron chi connectivity index (χ0n) is 9.16. The van der Waals surface area contributed by atoms with Gasteiger partial charge in [0.25, 0.3) is 0 Å². The van der Waals surface area contributed by atoms with Crippen molar-refractivity contribution >= 4 is 11.9 Å². The van der Waals surface area contributed by atoms with E-state index in [1.165, 1.54) is 14.0 Å². The van der Waals surface area contributed by atoms with Crippen molar-refractivity contribution in [3.63, 3.8) is 0 Å². The summed E-state index contributed by atoms with van der Waals surface area (Å²) in [7, 11) is 2.90. The fourth-order valence-corrected chi connectivity index (χ4v) is 0.491. The van der Waals surface area contributed by atoms with Gasteiger partial charge in [0.15, 0.2) is 0 Å². The van der Waals surface area contributed by atoms with Crippen molar-refractivity contribution in [2.24, 2.45) is 0 Å². The minimum absolute atomic E-state index is 0.211. The van der Waals surface area contributed by atoms with Crippen molar-refractivity contribution in [1.82, 2.24) is 0 Å². The Balaban J connectivity index is 0. The minimum Gasteiger partial charge on any atom is -0.469 e. The third kappa shape index (κ3) is 17.1. The molecule has 0 amide bonds. The fraction of sp³-hybridized carbons (Fsp3) is 0.778. The van der Waals surface area contributed by atoms with E-state index in [1.807, 2.05) is 0 Å². The second kappa shape index (κ2) is 11.9. The number of hydrogen-bond acceptors (Lipinski definition) is 5. The molecule has 0 aliphatic heterocycles. The molecule has 0 unspecified atom stereocenters. The van der Waals surface area contributed by atoms with Crippen LogP contribution in [0.5, 0.6) is 0 Å². The van der Waals surface area contributed by atoms with Crippen LogP contribution in [-0.2, 0) is 23.8 Å². The summed E-state index contributed by atoms with van der Waals surface area (Å²) in [5, 5.41) is 0. The molecule has 0 saturated carbocycles. The standard InChI is InChI=1S/C5H10O3.C4H8O2/c1-7-4-3-5(6)8-2;1-3-6-4(2)5/h3-4H2,1-2H3;3H2,1-2H3. The lowest BCUT2D eigenvalue weighted by molar-refractivity contribution is -0.142. The van der Waals surface area contributed by atoms with Crippen LogP contribution in [0.1, 0.15) is 20.3 Å². The highest BCUT2D eigenvalue weighted by Crippen LogP contribution is 1.82. The maximum absolute atomic E-state index is 10.3. The molecule has 0 rings (SSSR count). The number of rotatable bonds is 4. The van der Waals surface area contributed by atoms with Gasteiger partial charge in [-0.3, -0.25) is 9.59 Å². The smallest absolute Gasteiger partial charge is 0.307 e. The summed E-state index contributed by atoms with van der Waals surface area (Å²) in [5.41, 5.74) is 0. The van der Waals surface area contributed by atoms with Gasteiger partial charge in [-0.2, -0.15) is 0 Å². The highest BCUT2D eigenvalue weighted by atomic mass is 16.5. The van der Waals surface area contributed by atoms with Gasteiger partial charge in [-0.05, 0) is 6.92 Å². The van der Waals surface area contributed by atoms with Crippen LogP contribution in [0, 0.1) is 0 Å². The number of carbonyl (C=O) groups excluding carboxylic acids is 2. The summed E-state index contributed by atoms with van der Waals surface area (Å²) in [6, 6.07) is 0. The molecular formula is C9H18O5. The zero-order chi connectivity index (χ0) is 11.4. The van der Waals surface area contributed by atoms with Crippen molar-refractivity contribution in [2.75, 3.05) is 27.4 Å². The Morgan fingerprint density at radius 1 is 1.21 bits per heavy atom. The number of esters is 2. The molecule has 0 radical (unpaired) electrons. The summed E-state index contributed by atoms with van der Waals surface area (Å²) >= 11 is 0. The topological polar surface area (TPSA) is 61.8 Å². The highest BCUT2D eigenvalue weighted by Gasteiger charge is 1.95. The summed E-state index contributed by atoms with van der Waals surface area (Å²) in [6.07, 6.45) is 0.340. The molecule has 5 nitrogen and oxygen atoms in total. The molecule has 0 saturated heterocycles. The lowest BCUT2D eigenvalue weighted by Crippen LogP contribution is -2.03. The van der Waals surface area contributed by atoms with E-state index in [2.05, 4.69) is 14.2 Å². The average molecular weight is 206 g/mol. The summed E-state index contributed by atoms with van der Waals surface area (Å²) in [5.74, 6) is -0.440. The van der Waals surface area contributed by atoms with Crippen molar-refractivity contribution in [3.05, 3.63) is 0 Å². The van der Waals surface area contributed by atoms with E-state index in [-0.39, 0.29) is 11.9 Å². The van der Waals surface area contributed by atoms with E-state index in [4.69, 9.17) is 0 Å². The van der Waals surface area contributed by atoms with E-state index < -0.39 is 0 Å². The number of ether oxygens (including phenoxy) is 3. The zero-order valence-corrected chi connectivity index (χ0v) is 9.16. The van der Waals surface area contributed by atoms with Crippen LogP contribution in [0.3, 0.4) is 0 Å². The first-order valence-electron chi connectivity index (χ1n) is 4.27. The predicted molar refractivity (Wildman–Crippen MR) is 50.8 cm³/mol. The van der Waals surface area contributed by atoms with Crippen molar-refractivity contribution in [2.45, 2.75) is 20.3 Å². The Hall–Kier alpha value is -1.10. The van der Waals surface area contributed by atoms with Crippen LogP contribution >= 0.6 is 0 Å². The lowest BCUT2D eigenvalue weighted by atomic mass is 10.5. The Morgan fingerprint density at radius 3 is 2.00 bits per heavy atom. The molecule has 0 aromatic carbocycles. The molecule has 14 heavy (non-hydrogen) atoms. The molecule has 0 bridgehead atoms. The molecule has 0 N–H and O–H groups in total. The second-order valence-electron chi connectivity index (χ2n) is 2.24. The lowest BCUT2D eigenvalue weighted by Gasteiger charge is -1.94. The SMILES string of the molecule is CCOC(C)=O.COCCC(=O)OC. The molecular weight excluding hydrogens is 188 g/mol. The quantitative estimate of drug-likeness (QED) is 0.636. The van der Waals surface area contributed by atoms with E-state index >= 15 is 0 Å². The van der Waals surface area contributed by atoms with Gasteiger partial charge in [0.05, 0.1) is 26.7 Å². The highest BCUT2D eigenvalue weighted by molar-refractivity contribution is 5.69. The van der Waals surface area contributed by atoms with Crippen LogP contribution in [-0.4, -0.2) is 39.4 Å². The van der Waals surface area contributed by atoms with Crippen LogP contribution in [0.4, 0.5) is 0 Å². The van der Waals surface area contributed by atoms with Crippen LogP contribution < -0.4 is 0 Å². The number of methoxy groups -OCH3 is 2. The average Bonchev–Trinajstić information content (AvgIpc) is 2.15. The number of carbonyl (C=O) groups is 2. The van der Waals surface area contributed by atoms with Gasteiger partial charge in [0, 0.05) is 14.0 Å². The van der Waals surface area contributed by atoms with Crippen molar-refractivity contribution in [1.29, 1.82) is 0 Å². The Kier molecular flexibility index (Phi) is 13.1. The normalized spacial score (nSPS) is 8.29. The molecule has 5 heteroatoms. The second-order valence-corrected chi connectivity index (χ2v) is 2.24. The van der Waals surface area contributed by atoms with Gasteiger partial charge in [-0.1, -0.05) is 0 Å². The monoisotopic (exact) mass is 206 g/mol. The van der Waals surface area contributed by atoms with Crippen LogP contribution in [0.15, 0.2) is 0 Å². The van der Waals surface area contributed by atoms with Crippen molar-refractivity contribution in [3.8, 4) is 0 Å². The van der Waals surface area contributed by atoms with E-state index in [0.717, 1.165) is 0 Å².